The molecule has 1 heterocycles. The highest BCUT2D eigenvalue weighted by Gasteiger charge is 2.29. The van der Waals surface area contributed by atoms with Crippen LogP contribution in [0.5, 0.6) is 0 Å². The lowest BCUT2D eigenvalue weighted by Crippen LogP contribution is -2.42. The van der Waals surface area contributed by atoms with Gasteiger partial charge in [0, 0.05) is 43.0 Å². The first-order chi connectivity index (χ1) is 13.5. The summed E-state index contributed by atoms with van der Waals surface area (Å²) >= 11 is 0. The number of carbonyl (C=O) groups excluding carboxylic acids is 3. The first-order valence-electron chi connectivity index (χ1n) is 9.62. The Balaban J connectivity index is 1.70. The number of benzene rings is 2. The fourth-order valence-corrected chi connectivity index (χ4v) is 3.61. The van der Waals surface area contributed by atoms with Crippen molar-refractivity contribution in [2.24, 2.45) is 5.92 Å². The predicted octanol–water partition coefficient (Wildman–Crippen LogP) is 4.28. The zero-order chi connectivity index (χ0) is 20.1. The Hall–Kier alpha value is -2.82. The number of rotatable bonds is 6. The number of halogens is 1. The first-order valence-corrected chi connectivity index (χ1v) is 9.62. The van der Waals surface area contributed by atoms with Gasteiger partial charge in [-0.2, -0.15) is 0 Å². The fraction of sp³-hybridized carbons (Fsp3) is 0.348. The molecule has 0 aromatic heterocycles. The van der Waals surface area contributed by atoms with Crippen LogP contribution in [0, 0.1) is 11.7 Å². The number of nitrogens with zero attached hydrogens (tertiary/aromatic N) is 1. The molecule has 2 aromatic carbocycles. The maximum absolute atomic E-state index is 14.6. The Kier molecular flexibility index (Phi) is 6.34. The molecule has 1 aliphatic rings. The van der Waals surface area contributed by atoms with E-state index >= 15 is 0 Å². The minimum Gasteiger partial charge on any atom is -0.342 e. The molecule has 1 fully saturated rings. The van der Waals surface area contributed by atoms with Gasteiger partial charge in [0.1, 0.15) is 11.6 Å². The minimum atomic E-state index is -0.428. The molecule has 0 N–H and O–H groups in total. The Morgan fingerprint density at radius 1 is 1.07 bits per heavy atom. The summed E-state index contributed by atoms with van der Waals surface area (Å²) in [6, 6.07) is 13.8. The van der Waals surface area contributed by atoms with Crippen molar-refractivity contribution in [3.8, 4) is 11.1 Å². The van der Waals surface area contributed by atoms with E-state index in [-0.39, 0.29) is 36.2 Å². The fourth-order valence-electron chi connectivity index (χ4n) is 3.61. The van der Waals surface area contributed by atoms with E-state index in [9.17, 15) is 18.8 Å². The van der Waals surface area contributed by atoms with Gasteiger partial charge in [0.25, 0.3) is 0 Å². The zero-order valence-corrected chi connectivity index (χ0v) is 16.0. The Labute approximate surface area is 164 Å². The van der Waals surface area contributed by atoms with Gasteiger partial charge in [0.2, 0.25) is 5.91 Å². The lowest BCUT2D eigenvalue weighted by molar-refractivity contribution is -0.134. The van der Waals surface area contributed by atoms with Gasteiger partial charge in [-0.25, -0.2) is 4.39 Å². The van der Waals surface area contributed by atoms with E-state index < -0.39 is 5.82 Å². The highest BCUT2D eigenvalue weighted by Crippen LogP contribution is 2.26. The van der Waals surface area contributed by atoms with Gasteiger partial charge < -0.3 is 9.69 Å². The maximum Gasteiger partial charge on any atom is 0.223 e. The van der Waals surface area contributed by atoms with Gasteiger partial charge in [-0.1, -0.05) is 42.5 Å². The van der Waals surface area contributed by atoms with E-state index in [4.69, 9.17) is 0 Å². The summed E-state index contributed by atoms with van der Waals surface area (Å²) in [7, 11) is 0. The van der Waals surface area contributed by atoms with Gasteiger partial charge in [-0.3, -0.25) is 9.59 Å². The summed E-state index contributed by atoms with van der Waals surface area (Å²) in [4.78, 5) is 37.9. The maximum atomic E-state index is 14.6. The molecule has 3 rings (SSSR count). The molecule has 4 nitrogen and oxygen atoms in total. The van der Waals surface area contributed by atoms with Crippen LogP contribution in [-0.4, -0.2) is 35.5 Å². The molecule has 0 aliphatic carbocycles. The average Bonchev–Trinajstić information content (AvgIpc) is 2.72. The van der Waals surface area contributed by atoms with E-state index in [1.807, 2.05) is 30.3 Å². The molecule has 0 saturated carbocycles. The molecule has 1 atom stereocenters. The highest BCUT2D eigenvalue weighted by molar-refractivity contribution is 5.99. The number of hydrogen-bond donors (Lipinski definition) is 0. The van der Waals surface area contributed by atoms with E-state index in [1.165, 1.54) is 13.0 Å². The Morgan fingerprint density at radius 2 is 1.82 bits per heavy atom. The third kappa shape index (κ3) is 4.71. The summed E-state index contributed by atoms with van der Waals surface area (Å²) in [6.07, 6.45) is 1.81. The second-order valence-corrected chi connectivity index (χ2v) is 7.31. The van der Waals surface area contributed by atoms with Crippen molar-refractivity contribution in [3.63, 3.8) is 0 Å². The van der Waals surface area contributed by atoms with Crippen molar-refractivity contribution >= 4 is 17.5 Å². The Morgan fingerprint density at radius 3 is 2.50 bits per heavy atom. The van der Waals surface area contributed by atoms with E-state index in [0.29, 0.717) is 30.6 Å². The summed E-state index contributed by atoms with van der Waals surface area (Å²) < 4.78 is 14.6. The standard InChI is InChI=1S/C23H24FNO3/c1-16(26)9-12-22(27)25-13-5-8-19(15-25)23(28)18-10-11-20(21(24)14-18)17-6-3-2-4-7-17/h2-4,6-7,10-11,14,19H,5,8-9,12-13,15H2,1H3/t19-/m1/s1. The van der Waals surface area contributed by atoms with Gasteiger partial charge in [-0.05, 0) is 31.4 Å². The number of piperidine rings is 1. The zero-order valence-electron chi connectivity index (χ0n) is 16.0. The monoisotopic (exact) mass is 381 g/mol. The molecule has 1 aliphatic heterocycles. The molecule has 1 saturated heterocycles. The van der Waals surface area contributed by atoms with Crippen LogP contribution in [0.15, 0.2) is 48.5 Å². The largest absolute Gasteiger partial charge is 0.342 e. The van der Waals surface area contributed by atoms with E-state index in [2.05, 4.69) is 0 Å². The van der Waals surface area contributed by atoms with Crippen LogP contribution in [0.3, 0.4) is 0 Å². The lowest BCUT2D eigenvalue weighted by Gasteiger charge is -2.32. The Bertz CT molecular complexity index is 879. The van der Waals surface area contributed by atoms with Crippen molar-refractivity contribution in [1.29, 1.82) is 0 Å². The molecular weight excluding hydrogens is 357 g/mol. The molecule has 5 heteroatoms. The van der Waals surface area contributed by atoms with Crippen LogP contribution in [0.25, 0.3) is 11.1 Å². The van der Waals surface area contributed by atoms with E-state index in [0.717, 1.165) is 12.0 Å². The van der Waals surface area contributed by atoms with Crippen LogP contribution in [-0.2, 0) is 9.59 Å². The quantitative estimate of drug-likeness (QED) is 0.702. The van der Waals surface area contributed by atoms with Crippen molar-refractivity contribution < 1.29 is 18.8 Å². The number of hydrogen-bond acceptors (Lipinski definition) is 3. The minimum absolute atomic E-state index is 0.0213. The molecule has 28 heavy (non-hydrogen) atoms. The second kappa shape index (κ2) is 8.91. The van der Waals surface area contributed by atoms with Crippen molar-refractivity contribution in [2.45, 2.75) is 32.6 Å². The third-order valence-corrected chi connectivity index (χ3v) is 5.17. The van der Waals surface area contributed by atoms with Gasteiger partial charge in [-0.15, -0.1) is 0 Å². The summed E-state index contributed by atoms with van der Waals surface area (Å²) in [5, 5.41) is 0. The predicted molar refractivity (Wildman–Crippen MR) is 105 cm³/mol. The number of amides is 1. The molecule has 2 aromatic rings. The third-order valence-electron chi connectivity index (χ3n) is 5.17. The molecule has 0 spiro atoms. The van der Waals surface area contributed by atoms with Crippen LogP contribution >= 0.6 is 0 Å². The van der Waals surface area contributed by atoms with E-state index in [1.54, 1.807) is 17.0 Å². The number of carbonyl (C=O) groups is 3. The van der Waals surface area contributed by atoms with Crippen LogP contribution in [0.1, 0.15) is 43.0 Å². The topological polar surface area (TPSA) is 54.5 Å². The average molecular weight is 381 g/mol. The molecule has 0 radical (unpaired) electrons. The van der Waals surface area contributed by atoms with Gasteiger partial charge in [0.15, 0.2) is 5.78 Å². The summed E-state index contributed by atoms with van der Waals surface area (Å²) in [5.74, 6) is -1.02. The van der Waals surface area contributed by atoms with Gasteiger partial charge >= 0.3 is 0 Å². The number of ketones is 2. The molecule has 0 unspecified atom stereocenters. The van der Waals surface area contributed by atoms with Crippen molar-refractivity contribution in [1.82, 2.24) is 4.90 Å². The first kappa shape index (κ1) is 19.9. The number of likely N-dealkylation sites (tertiary alicyclic amines) is 1. The highest BCUT2D eigenvalue weighted by atomic mass is 19.1. The van der Waals surface area contributed by atoms with Gasteiger partial charge in [0.05, 0.1) is 0 Å². The van der Waals surface area contributed by atoms with Crippen LogP contribution < -0.4 is 0 Å². The molecule has 0 bridgehead atoms. The second-order valence-electron chi connectivity index (χ2n) is 7.31. The SMILES string of the molecule is CC(=O)CCC(=O)N1CCC[C@@H](C(=O)c2ccc(-c3ccccc3)c(F)c2)C1. The van der Waals surface area contributed by atoms with Crippen molar-refractivity contribution in [2.75, 3.05) is 13.1 Å². The molecule has 146 valence electrons. The van der Waals surface area contributed by atoms with Crippen LogP contribution in [0.4, 0.5) is 4.39 Å². The lowest BCUT2D eigenvalue weighted by atomic mass is 9.89. The normalized spacial score (nSPS) is 16.6. The molecule has 1 amide bonds. The number of Topliss-reactive ketones (excluding diaryl/α,β-unsaturated/α-hetero) is 2. The van der Waals surface area contributed by atoms with Crippen LogP contribution in [0.2, 0.25) is 0 Å². The summed E-state index contributed by atoms with van der Waals surface area (Å²) in [5.41, 5.74) is 1.56. The molecular formula is C23H24FNO3. The summed E-state index contributed by atoms with van der Waals surface area (Å²) in [6.45, 7) is 2.39. The smallest absolute Gasteiger partial charge is 0.223 e. The van der Waals surface area contributed by atoms with Crippen molar-refractivity contribution in [3.05, 3.63) is 59.9 Å².